The average Bonchev–Trinajstić information content (AvgIpc) is 1.99. The lowest BCUT2D eigenvalue weighted by Gasteiger charge is -2.00. The summed E-state index contributed by atoms with van der Waals surface area (Å²) in [6.45, 7) is -0.279. The molecule has 1 atom stereocenters. The molecule has 1 aromatic rings. The monoisotopic (exact) mass is 176 g/mol. The molecule has 1 rings (SSSR count). The highest BCUT2D eigenvalue weighted by atomic mass is 31.0. The van der Waals surface area contributed by atoms with Crippen molar-refractivity contribution in [1.29, 1.82) is 0 Å². The Morgan fingerprint density at radius 1 is 1.36 bits per heavy atom. The molecule has 1 nitrogen and oxygen atoms in total. The molecule has 0 fully saturated rings. The van der Waals surface area contributed by atoms with Gasteiger partial charge in [-0.15, -0.1) is 9.24 Å². The fourth-order valence-corrected chi connectivity index (χ4v) is 1.11. The normalized spacial score (nSPS) is 10.2. The number of rotatable bonds is 1. The average molecular weight is 176 g/mol. The van der Waals surface area contributed by atoms with Crippen molar-refractivity contribution in [3.05, 3.63) is 29.3 Å². The predicted molar refractivity (Wildman–Crippen MR) is 41.6 cm³/mol. The lowest BCUT2D eigenvalue weighted by atomic mass is 10.2. The molecule has 0 aliphatic carbocycles. The molecule has 4 heteroatoms. The van der Waals surface area contributed by atoms with Gasteiger partial charge >= 0.3 is 0 Å². The van der Waals surface area contributed by atoms with E-state index in [9.17, 15) is 8.78 Å². The second-order valence-corrected chi connectivity index (χ2v) is 2.76. The van der Waals surface area contributed by atoms with E-state index in [2.05, 4.69) is 9.24 Å². The van der Waals surface area contributed by atoms with Crippen LogP contribution in [-0.4, -0.2) is 5.11 Å². The summed E-state index contributed by atoms with van der Waals surface area (Å²) in [7, 11) is 2.06. The maximum Gasteiger partial charge on any atom is 0.165 e. The van der Waals surface area contributed by atoms with Gasteiger partial charge in [0.15, 0.2) is 11.6 Å². The largest absolute Gasteiger partial charge is 0.392 e. The van der Waals surface area contributed by atoms with Gasteiger partial charge in [0.05, 0.1) is 6.61 Å². The first-order valence-corrected chi connectivity index (χ1v) is 3.57. The van der Waals surface area contributed by atoms with Crippen molar-refractivity contribution < 1.29 is 13.9 Å². The number of aliphatic hydroxyl groups is 1. The second kappa shape index (κ2) is 3.24. The van der Waals surface area contributed by atoms with Crippen molar-refractivity contribution in [1.82, 2.24) is 0 Å². The second-order valence-electron chi connectivity index (χ2n) is 2.14. The van der Waals surface area contributed by atoms with Crippen LogP contribution in [0.1, 0.15) is 5.56 Å². The summed E-state index contributed by atoms with van der Waals surface area (Å²) in [5, 5.41) is 8.71. The van der Waals surface area contributed by atoms with E-state index in [0.29, 0.717) is 5.56 Å². The van der Waals surface area contributed by atoms with Crippen molar-refractivity contribution in [2.75, 3.05) is 0 Å². The van der Waals surface area contributed by atoms with Gasteiger partial charge in [0.2, 0.25) is 0 Å². The van der Waals surface area contributed by atoms with Crippen LogP contribution in [0.25, 0.3) is 0 Å². The smallest absolute Gasteiger partial charge is 0.165 e. The van der Waals surface area contributed by atoms with E-state index >= 15 is 0 Å². The third-order valence-corrected chi connectivity index (χ3v) is 1.72. The van der Waals surface area contributed by atoms with Crippen LogP contribution in [-0.2, 0) is 6.61 Å². The maximum atomic E-state index is 12.6. The van der Waals surface area contributed by atoms with Crippen LogP contribution in [0.2, 0.25) is 0 Å². The molecule has 1 unspecified atom stereocenters. The minimum Gasteiger partial charge on any atom is -0.392 e. The SMILES string of the molecule is OCc1cc(F)c(F)c(P)c1. The molecule has 0 bridgehead atoms. The molecular formula is C7H7F2OP. The van der Waals surface area contributed by atoms with Gasteiger partial charge in [-0.2, -0.15) is 0 Å². The maximum absolute atomic E-state index is 12.6. The van der Waals surface area contributed by atoms with Crippen LogP contribution >= 0.6 is 9.24 Å². The molecule has 0 heterocycles. The zero-order valence-corrected chi connectivity index (χ0v) is 6.80. The molecule has 0 spiro atoms. The first-order valence-electron chi connectivity index (χ1n) is 2.99. The molecule has 0 radical (unpaired) electrons. The molecule has 1 N–H and O–H groups in total. The van der Waals surface area contributed by atoms with Crippen molar-refractivity contribution in [3.8, 4) is 0 Å². The number of hydrogen-bond donors (Lipinski definition) is 1. The van der Waals surface area contributed by atoms with Crippen LogP contribution in [0.4, 0.5) is 8.78 Å². The van der Waals surface area contributed by atoms with E-state index in [1.54, 1.807) is 0 Å². The standard InChI is InChI=1S/C7H7F2OP/c8-5-1-4(3-10)2-6(11)7(5)9/h1-2,10H,3,11H2. The minimum atomic E-state index is -0.929. The molecule has 60 valence electrons. The summed E-state index contributed by atoms with van der Waals surface area (Å²) in [5.41, 5.74) is 0.369. The molecule has 0 aliphatic rings. The molecule has 0 saturated carbocycles. The number of aliphatic hydroxyl groups excluding tert-OH is 1. The zero-order valence-electron chi connectivity index (χ0n) is 5.64. The van der Waals surface area contributed by atoms with Crippen molar-refractivity contribution in [2.24, 2.45) is 0 Å². The van der Waals surface area contributed by atoms with Crippen LogP contribution in [0.3, 0.4) is 0 Å². The van der Waals surface area contributed by atoms with Gasteiger partial charge < -0.3 is 5.11 Å². The van der Waals surface area contributed by atoms with Gasteiger partial charge in [-0.25, -0.2) is 8.78 Å². The quantitative estimate of drug-likeness (QED) is 0.632. The van der Waals surface area contributed by atoms with Crippen LogP contribution in [0.5, 0.6) is 0 Å². The van der Waals surface area contributed by atoms with Gasteiger partial charge in [-0.1, -0.05) is 0 Å². The Bertz CT molecular complexity index is 252. The van der Waals surface area contributed by atoms with Gasteiger partial charge in [0.25, 0.3) is 0 Å². The van der Waals surface area contributed by atoms with Gasteiger partial charge in [-0.3, -0.25) is 0 Å². The Labute approximate surface area is 65.3 Å². The molecule has 0 aromatic heterocycles. The lowest BCUT2D eigenvalue weighted by Crippen LogP contribution is -2.04. The highest BCUT2D eigenvalue weighted by molar-refractivity contribution is 7.27. The summed E-state index contributed by atoms with van der Waals surface area (Å²) in [5.74, 6) is -1.81. The first-order chi connectivity index (χ1) is 5.15. The van der Waals surface area contributed by atoms with Crippen LogP contribution in [0, 0.1) is 11.6 Å². The fraction of sp³-hybridized carbons (Fsp3) is 0.143. The topological polar surface area (TPSA) is 20.2 Å². The number of hydrogen-bond acceptors (Lipinski definition) is 1. The number of benzene rings is 1. The van der Waals surface area contributed by atoms with E-state index in [0.717, 1.165) is 6.07 Å². The van der Waals surface area contributed by atoms with E-state index < -0.39 is 11.6 Å². The van der Waals surface area contributed by atoms with Gasteiger partial charge in [0, 0.05) is 5.30 Å². The minimum absolute atomic E-state index is 0.133. The summed E-state index contributed by atoms with van der Waals surface area (Å²) >= 11 is 0. The highest BCUT2D eigenvalue weighted by Gasteiger charge is 2.06. The first kappa shape index (κ1) is 8.57. The fourth-order valence-electron chi connectivity index (χ4n) is 0.760. The summed E-state index contributed by atoms with van der Waals surface area (Å²) < 4.78 is 25.1. The Kier molecular flexibility index (Phi) is 2.53. The predicted octanol–water partition coefficient (Wildman–Crippen LogP) is 0.957. The molecule has 0 aliphatic heterocycles. The van der Waals surface area contributed by atoms with Gasteiger partial charge in [-0.05, 0) is 17.7 Å². The summed E-state index contributed by atoms with van der Waals surface area (Å²) in [4.78, 5) is 0. The molecule has 1 aromatic carbocycles. The zero-order chi connectivity index (χ0) is 8.43. The lowest BCUT2D eigenvalue weighted by molar-refractivity contribution is 0.281. The van der Waals surface area contributed by atoms with E-state index in [-0.39, 0.29) is 11.9 Å². The van der Waals surface area contributed by atoms with Crippen LogP contribution in [0.15, 0.2) is 12.1 Å². The van der Waals surface area contributed by atoms with E-state index in [4.69, 9.17) is 5.11 Å². The summed E-state index contributed by atoms with van der Waals surface area (Å²) in [6, 6.07) is 2.35. The van der Waals surface area contributed by atoms with Gasteiger partial charge in [0.1, 0.15) is 0 Å². The van der Waals surface area contributed by atoms with Crippen molar-refractivity contribution in [2.45, 2.75) is 6.61 Å². The Hall–Kier alpha value is -0.530. The molecule has 0 saturated heterocycles. The molecular weight excluding hydrogens is 169 g/mol. The van der Waals surface area contributed by atoms with E-state index in [1.807, 2.05) is 0 Å². The van der Waals surface area contributed by atoms with Crippen molar-refractivity contribution in [3.63, 3.8) is 0 Å². The third kappa shape index (κ3) is 1.73. The molecule has 0 amide bonds. The Balaban J connectivity index is 3.21. The Morgan fingerprint density at radius 2 is 2.00 bits per heavy atom. The molecule has 11 heavy (non-hydrogen) atoms. The third-order valence-electron chi connectivity index (χ3n) is 1.30. The van der Waals surface area contributed by atoms with Crippen molar-refractivity contribution >= 4 is 14.5 Å². The van der Waals surface area contributed by atoms with E-state index in [1.165, 1.54) is 6.07 Å². The highest BCUT2D eigenvalue weighted by Crippen LogP contribution is 2.08. The Morgan fingerprint density at radius 3 is 2.45 bits per heavy atom. The van der Waals surface area contributed by atoms with Crippen LogP contribution < -0.4 is 5.30 Å². The summed E-state index contributed by atoms with van der Waals surface area (Å²) in [6.07, 6.45) is 0. The number of halogens is 2.